The van der Waals surface area contributed by atoms with Gasteiger partial charge in [0.2, 0.25) is 0 Å². The minimum Gasteiger partial charge on any atom is -0.375 e. The van der Waals surface area contributed by atoms with Gasteiger partial charge in [0.1, 0.15) is 0 Å². The number of hydrogen-bond donors (Lipinski definition) is 2. The summed E-state index contributed by atoms with van der Waals surface area (Å²) in [7, 11) is 0. The summed E-state index contributed by atoms with van der Waals surface area (Å²) in [5.74, 6) is -1.05. The zero-order valence-electron chi connectivity index (χ0n) is 13.1. The maximum Gasteiger partial charge on any atom is 0.261 e. The summed E-state index contributed by atoms with van der Waals surface area (Å²) in [4.78, 5) is 27.1. The molecule has 1 fully saturated rings. The Morgan fingerprint density at radius 1 is 1.12 bits per heavy atom. The first kappa shape index (κ1) is 16.4. The molecule has 2 N–H and O–H groups in total. The minimum atomic E-state index is -2.03. The summed E-state index contributed by atoms with van der Waals surface area (Å²) >= 11 is 12.2. The molecule has 0 aliphatic carbocycles. The predicted molar refractivity (Wildman–Crippen MR) is 96.6 cm³/mol. The lowest BCUT2D eigenvalue weighted by Gasteiger charge is -2.21. The van der Waals surface area contributed by atoms with Crippen molar-refractivity contribution in [2.75, 3.05) is 23.3 Å². The topological polar surface area (TPSA) is 69.4 Å². The monoisotopic (exact) mass is 376 g/mol. The molecule has 25 heavy (non-hydrogen) atoms. The van der Waals surface area contributed by atoms with Crippen molar-refractivity contribution < 1.29 is 14.7 Å². The number of aliphatic hydroxyl groups is 1. The highest BCUT2D eigenvalue weighted by molar-refractivity contribution is 6.38. The third kappa shape index (κ3) is 2.68. The van der Waals surface area contributed by atoms with E-state index >= 15 is 0 Å². The number of hydrogen-bond acceptors (Lipinski definition) is 4. The molecule has 1 unspecified atom stereocenters. The van der Waals surface area contributed by atoms with Crippen LogP contribution in [-0.4, -0.2) is 29.9 Å². The zero-order valence-corrected chi connectivity index (χ0v) is 14.6. The third-order valence-corrected chi connectivity index (χ3v) is 5.18. The molecular formula is C18H14Cl2N2O3. The van der Waals surface area contributed by atoms with Gasteiger partial charge < -0.3 is 15.3 Å². The van der Waals surface area contributed by atoms with E-state index in [4.69, 9.17) is 23.2 Å². The Labute approximate surface area is 154 Å². The van der Waals surface area contributed by atoms with Crippen molar-refractivity contribution >= 4 is 46.3 Å². The number of rotatable bonds is 4. The standard InChI is InChI=1S/C18H14Cl2N2O3/c19-12-5-6-13(20)16-15(12)18(25,17(24)21-16)9-14(23)10-1-3-11(4-2-10)22-7-8-22/h1-6,25H,7-9H2,(H,21,24). The van der Waals surface area contributed by atoms with Crippen molar-refractivity contribution in [2.24, 2.45) is 0 Å². The van der Waals surface area contributed by atoms with Gasteiger partial charge >= 0.3 is 0 Å². The Balaban J connectivity index is 1.65. The molecule has 5 nitrogen and oxygen atoms in total. The second-order valence-electron chi connectivity index (χ2n) is 6.23. The molecule has 0 spiro atoms. The van der Waals surface area contributed by atoms with E-state index in [0.29, 0.717) is 5.56 Å². The fourth-order valence-electron chi connectivity index (χ4n) is 3.08. The van der Waals surface area contributed by atoms with Crippen LogP contribution in [0.3, 0.4) is 0 Å². The van der Waals surface area contributed by atoms with E-state index in [-0.39, 0.29) is 27.1 Å². The fourth-order valence-corrected chi connectivity index (χ4v) is 3.60. The predicted octanol–water partition coefficient (Wildman–Crippen LogP) is 3.23. The van der Waals surface area contributed by atoms with Crippen molar-refractivity contribution in [3.05, 3.63) is 57.6 Å². The van der Waals surface area contributed by atoms with Crippen LogP contribution in [0.1, 0.15) is 22.3 Å². The fraction of sp³-hybridized carbons (Fsp3) is 0.222. The van der Waals surface area contributed by atoms with Gasteiger partial charge in [-0.25, -0.2) is 0 Å². The van der Waals surface area contributed by atoms with Crippen LogP contribution < -0.4 is 10.2 Å². The molecule has 2 heterocycles. The van der Waals surface area contributed by atoms with Crippen molar-refractivity contribution in [1.29, 1.82) is 0 Å². The lowest BCUT2D eigenvalue weighted by atomic mass is 9.88. The summed E-state index contributed by atoms with van der Waals surface area (Å²) in [6, 6.07) is 10.1. The quantitative estimate of drug-likeness (QED) is 0.634. The van der Waals surface area contributed by atoms with Crippen molar-refractivity contribution in [2.45, 2.75) is 12.0 Å². The van der Waals surface area contributed by atoms with Crippen LogP contribution in [0.25, 0.3) is 0 Å². The van der Waals surface area contributed by atoms with E-state index in [0.717, 1.165) is 18.8 Å². The third-order valence-electron chi connectivity index (χ3n) is 4.55. The number of anilines is 2. The molecule has 128 valence electrons. The molecule has 0 radical (unpaired) electrons. The first-order valence-corrected chi connectivity index (χ1v) is 8.56. The average Bonchev–Trinajstić information content (AvgIpc) is 3.39. The number of nitrogens with zero attached hydrogens (tertiary/aromatic N) is 1. The van der Waals surface area contributed by atoms with Crippen molar-refractivity contribution in [3.63, 3.8) is 0 Å². The highest BCUT2D eigenvalue weighted by Gasteiger charge is 2.49. The van der Waals surface area contributed by atoms with E-state index in [2.05, 4.69) is 10.2 Å². The van der Waals surface area contributed by atoms with Gasteiger partial charge in [-0.2, -0.15) is 0 Å². The highest BCUT2D eigenvalue weighted by atomic mass is 35.5. The molecule has 2 aromatic rings. The summed E-state index contributed by atoms with van der Waals surface area (Å²) < 4.78 is 0. The number of nitrogens with one attached hydrogen (secondary N) is 1. The largest absolute Gasteiger partial charge is 0.375 e. The molecule has 0 bridgehead atoms. The van der Waals surface area contributed by atoms with Gasteiger partial charge in [-0.1, -0.05) is 23.2 Å². The zero-order chi connectivity index (χ0) is 17.8. The van der Waals surface area contributed by atoms with Gasteiger partial charge in [-0.15, -0.1) is 0 Å². The molecule has 2 aromatic carbocycles. The number of amides is 1. The van der Waals surface area contributed by atoms with E-state index in [1.165, 1.54) is 12.1 Å². The van der Waals surface area contributed by atoms with Gasteiger partial charge in [0, 0.05) is 34.9 Å². The van der Waals surface area contributed by atoms with Crippen LogP contribution in [-0.2, 0) is 10.4 Å². The Hall–Kier alpha value is -2.08. The van der Waals surface area contributed by atoms with E-state index < -0.39 is 17.9 Å². The number of ketones is 1. The van der Waals surface area contributed by atoms with Gasteiger partial charge in [-0.3, -0.25) is 9.59 Å². The maximum absolute atomic E-state index is 12.6. The van der Waals surface area contributed by atoms with Crippen molar-refractivity contribution in [1.82, 2.24) is 0 Å². The highest BCUT2D eigenvalue weighted by Crippen LogP contribution is 2.46. The first-order chi connectivity index (χ1) is 11.9. The second kappa shape index (κ2) is 5.73. The number of halogens is 2. The van der Waals surface area contributed by atoms with Crippen LogP contribution in [0.4, 0.5) is 11.4 Å². The molecule has 7 heteroatoms. The molecule has 1 atom stereocenters. The molecular weight excluding hydrogens is 363 g/mol. The number of benzene rings is 2. The van der Waals surface area contributed by atoms with Crippen LogP contribution >= 0.6 is 23.2 Å². The molecule has 1 amide bonds. The summed E-state index contributed by atoms with van der Waals surface area (Å²) in [6.07, 6.45) is -0.408. The Bertz CT molecular complexity index is 894. The van der Waals surface area contributed by atoms with Gasteiger partial charge in [0.15, 0.2) is 11.4 Å². The number of Topliss-reactive ketones (excluding diaryl/α,β-unsaturated/α-hetero) is 1. The van der Waals surface area contributed by atoms with Crippen LogP contribution in [0.2, 0.25) is 10.0 Å². The first-order valence-electron chi connectivity index (χ1n) is 7.81. The number of fused-ring (bicyclic) bond motifs is 1. The smallest absolute Gasteiger partial charge is 0.261 e. The molecule has 4 rings (SSSR count). The maximum atomic E-state index is 12.6. The van der Waals surface area contributed by atoms with Crippen LogP contribution in [0.15, 0.2) is 36.4 Å². The second-order valence-corrected chi connectivity index (χ2v) is 7.04. The molecule has 0 aromatic heterocycles. The van der Waals surface area contributed by atoms with Crippen LogP contribution in [0.5, 0.6) is 0 Å². The Morgan fingerprint density at radius 3 is 2.40 bits per heavy atom. The Morgan fingerprint density at radius 2 is 1.76 bits per heavy atom. The Kier molecular flexibility index (Phi) is 3.76. The summed E-state index contributed by atoms with van der Waals surface area (Å²) in [5.41, 5.74) is -0.146. The normalized spacial score (nSPS) is 21.1. The molecule has 1 saturated heterocycles. The lowest BCUT2D eigenvalue weighted by Crippen LogP contribution is -2.36. The SMILES string of the molecule is O=C(CC1(O)C(=O)Nc2c(Cl)ccc(Cl)c21)c1ccc(N2CC2)cc1. The molecule has 2 aliphatic heterocycles. The molecule has 2 aliphatic rings. The minimum absolute atomic E-state index is 0.153. The number of carbonyl (C=O) groups is 2. The lowest BCUT2D eigenvalue weighted by molar-refractivity contribution is -0.133. The van der Waals surface area contributed by atoms with E-state index in [9.17, 15) is 14.7 Å². The summed E-state index contributed by atoms with van der Waals surface area (Å²) in [6.45, 7) is 2.03. The van der Waals surface area contributed by atoms with E-state index in [1.54, 1.807) is 12.1 Å². The van der Waals surface area contributed by atoms with Crippen LogP contribution in [0, 0.1) is 0 Å². The average molecular weight is 377 g/mol. The van der Waals surface area contributed by atoms with Gasteiger partial charge in [0.05, 0.1) is 17.1 Å². The van der Waals surface area contributed by atoms with Gasteiger partial charge in [-0.05, 0) is 36.4 Å². The van der Waals surface area contributed by atoms with Gasteiger partial charge in [0.25, 0.3) is 5.91 Å². The van der Waals surface area contributed by atoms with Crippen molar-refractivity contribution in [3.8, 4) is 0 Å². The number of carbonyl (C=O) groups excluding carboxylic acids is 2. The summed E-state index contributed by atoms with van der Waals surface area (Å²) in [5, 5.41) is 13.9. The van der Waals surface area contributed by atoms with E-state index in [1.807, 2.05) is 12.1 Å². The molecule has 0 saturated carbocycles.